The maximum atomic E-state index is 11.5. The third-order valence-electron chi connectivity index (χ3n) is 3.48. The first-order valence-electron chi connectivity index (χ1n) is 6.39. The summed E-state index contributed by atoms with van der Waals surface area (Å²) in [6.07, 6.45) is 4.84. The van der Waals surface area contributed by atoms with E-state index < -0.39 is 4.75 Å². The van der Waals surface area contributed by atoms with Gasteiger partial charge in [0.1, 0.15) is 10.6 Å². The predicted octanol–water partition coefficient (Wildman–Crippen LogP) is 2.10. The normalized spacial score (nSPS) is 23.7. The van der Waals surface area contributed by atoms with E-state index in [1.54, 1.807) is 11.8 Å². The van der Waals surface area contributed by atoms with E-state index in [2.05, 4.69) is 33.2 Å². The van der Waals surface area contributed by atoms with Crippen LogP contribution in [0.2, 0.25) is 0 Å². The third kappa shape index (κ3) is 2.29. The first kappa shape index (κ1) is 13.1. The number of allylic oxidation sites excluding steroid dienone is 1. The molecule has 1 aliphatic heterocycles. The highest BCUT2D eigenvalue weighted by Crippen LogP contribution is 2.51. The standard InChI is InChI=1S/C12H16N4OS2/c1-2-16-9(8-4-3-7-18-8)14-15-11(16)19-12(5-6-12)10(13)17/h3,7-8H,2,4-6H2,1H3,(H2,13,17)/t8-/m0/s1. The van der Waals surface area contributed by atoms with Gasteiger partial charge < -0.3 is 10.3 Å². The summed E-state index contributed by atoms with van der Waals surface area (Å²) in [6, 6.07) is 0. The molecule has 0 radical (unpaired) electrons. The molecule has 1 aromatic heterocycles. The van der Waals surface area contributed by atoms with Crippen molar-refractivity contribution in [2.24, 2.45) is 5.73 Å². The largest absolute Gasteiger partial charge is 0.368 e. The number of nitrogens with two attached hydrogens (primary N) is 1. The zero-order chi connectivity index (χ0) is 13.5. The van der Waals surface area contributed by atoms with Crippen LogP contribution in [0.4, 0.5) is 0 Å². The summed E-state index contributed by atoms with van der Waals surface area (Å²) in [4.78, 5) is 11.5. The topological polar surface area (TPSA) is 73.8 Å². The summed E-state index contributed by atoms with van der Waals surface area (Å²) in [6.45, 7) is 2.89. The minimum atomic E-state index is -0.432. The Morgan fingerprint density at radius 3 is 2.95 bits per heavy atom. The Bertz CT molecular complexity index is 528. The van der Waals surface area contributed by atoms with Gasteiger partial charge in [0.25, 0.3) is 0 Å². The van der Waals surface area contributed by atoms with Crippen molar-refractivity contribution in [3.63, 3.8) is 0 Å². The van der Waals surface area contributed by atoms with E-state index in [1.807, 2.05) is 0 Å². The van der Waals surface area contributed by atoms with Gasteiger partial charge in [-0.15, -0.1) is 22.0 Å². The van der Waals surface area contributed by atoms with Gasteiger partial charge in [-0.1, -0.05) is 17.8 Å². The van der Waals surface area contributed by atoms with E-state index in [0.717, 1.165) is 36.8 Å². The van der Waals surface area contributed by atoms with Gasteiger partial charge in [0.05, 0.1) is 5.25 Å². The second-order valence-corrected chi connectivity index (χ2v) is 7.24. The number of hydrogen-bond donors (Lipinski definition) is 1. The van der Waals surface area contributed by atoms with Crippen molar-refractivity contribution in [3.05, 3.63) is 17.3 Å². The zero-order valence-electron chi connectivity index (χ0n) is 10.7. The van der Waals surface area contributed by atoms with Crippen LogP contribution in [-0.4, -0.2) is 25.4 Å². The minimum absolute atomic E-state index is 0.235. The molecule has 1 saturated carbocycles. The van der Waals surface area contributed by atoms with Gasteiger partial charge in [0, 0.05) is 6.54 Å². The number of rotatable bonds is 5. The fourth-order valence-electron chi connectivity index (χ4n) is 2.15. The van der Waals surface area contributed by atoms with Crippen molar-refractivity contribution in [1.29, 1.82) is 0 Å². The summed E-state index contributed by atoms with van der Waals surface area (Å²) in [7, 11) is 0. The van der Waals surface area contributed by atoms with Gasteiger partial charge in [-0.05, 0) is 31.6 Å². The monoisotopic (exact) mass is 296 g/mol. The molecule has 102 valence electrons. The van der Waals surface area contributed by atoms with Gasteiger partial charge in [0.2, 0.25) is 5.91 Å². The predicted molar refractivity (Wildman–Crippen MR) is 76.8 cm³/mol. The van der Waals surface area contributed by atoms with Gasteiger partial charge in [-0.3, -0.25) is 4.79 Å². The van der Waals surface area contributed by atoms with Crippen LogP contribution in [0, 0.1) is 0 Å². The number of carbonyl (C=O) groups is 1. The average molecular weight is 296 g/mol. The smallest absolute Gasteiger partial charge is 0.234 e. The van der Waals surface area contributed by atoms with E-state index in [0.29, 0.717) is 5.25 Å². The summed E-state index contributed by atoms with van der Waals surface area (Å²) < 4.78 is 1.68. The van der Waals surface area contributed by atoms with Crippen molar-refractivity contribution in [2.75, 3.05) is 0 Å². The molecule has 0 bridgehead atoms. The zero-order valence-corrected chi connectivity index (χ0v) is 12.3. The lowest BCUT2D eigenvalue weighted by atomic mass is 10.3. The number of aromatic nitrogens is 3. The number of thioether (sulfide) groups is 2. The molecule has 1 atom stereocenters. The molecule has 0 unspecified atom stereocenters. The molecular formula is C12H16N4OS2. The molecule has 7 heteroatoms. The minimum Gasteiger partial charge on any atom is -0.368 e. The number of amides is 1. The van der Waals surface area contributed by atoms with Gasteiger partial charge in [-0.2, -0.15) is 0 Å². The molecule has 1 amide bonds. The Morgan fingerprint density at radius 1 is 1.63 bits per heavy atom. The maximum Gasteiger partial charge on any atom is 0.234 e. The second-order valence-electron chi connectivity index (χ2n) is 4.78. The highest BCUT2D eigenvalue weighted by Gasteiger charge is 2.51. The molecular weight excluding hydrogens is 280 g/mol. The van der Waals surface area contributed by atoms with Crippen LogP contribution in [0.15, 0.2) is 16.6 Å². The Kier molecular flexibility index (Phi) is 3.34. The Morgan fingerprint density at radius 2 is 2.42 bits per heavy atom. The van der Waals surface area contributed by atoms with Crippen LogP contribution in [0.3, 0.4) is 0 Å². The molecule has 0 saturated heterocycles. The quantitative estimate of drug-likeness (QED) is 0.900. The molecule has 1 aromatic rings. The SMILES string of the molecule is CCn1c(SC2(C(N)=O)CC2)nnc1[C@@H]1CC=CS1. The number of nitrogens with zero attached hydrogens (tertiary/aromatic N) is 3. The lowest BCUT2D eigenvalue weighted by Crippen LogP contribution is -2.27. The average Bonchev–Trinajstić information content (AvgIpc) is 2.84. The fourth-order valence-corrected chi connectivity index (χ4v) is 4.25. The molecule has 2 aliphatic rings. The molecule has 0 aromatic carbocycles. The van der Waals surface area contributed by atoms with Crippen LogP contribution >= 0.6 is 23.5 Å². The number of hydrogen-bond acceptors (Lipinski definition) is 5. The van der Waals surface area contributed by atoms with E-state index in [4.69, 9.17) is 5.73 Å². The second kappa shape index (κ2) is 4.86. The molecule has 2 N–H and O–H groups in total. The summed E-state index contributed by atoms with van der Waals surface area (Å²) >= 11 is 3.25. The summed E-state index contributed by atoms with van der Waals surface area (Å²) in [5.74, 6) is 0.766. The maximum absolute atomic E-state index is 11.5. The highest BCUT2D eigenvalue weighted by molar-refractivity contribution is 8.02. The fraction of sp³-hybridized carbons (Fsp3) is 0.583. The van der Waals surface area contributed by atoms with Crippen LogP contribution in [0.1, 0.15) is 37.3 Å². The van der Waals surface area contributed by atoms with Crippen molar-refractivity contribution in [2.45, 2.75) is 47.9 Å². The Labute approximate surface area is 120 Å². The van der Waals surface area contributed by atoms with Crippen LogP contribution < -0.4 is 5.73 Å². The molecule has 3 rings (SSSR count). The van der Waals surface area contributed by atoms with Crippen LogP contribution in [0.25, 0.3) is 0 Å². The Hall–Kier alpha value is -0.950. The van der Waals surface area contributed by atoms with Gasteiger partial charge in [-0.25, -0.2) is 0 Å². The van der Waals surface area contributed by atoms with E-state index in [-0.39, 0.29) is 5.91 Å². The van der Waals surface area contributed by atoms with Crippen molar-refractivity contribution in [1.82, 2.24) is 14.8 Å². The van der Waals surface area contributed by atoms with Crippen molar-refractivity contribution >= 4 is 29.4 Å². The van der Waals surface area contributed by atoms with E-state index >= 15 is 0 Å². The van der Waals surface area contributed by atoms with E-state index in [9.17, 15) is 4.79 Å². The molecule has 1 fully saturated rings. The number of carbonyl (C=O) groups excluding carboxylic acids is 1. The Balaban J connectivity index is 1.84. The third-order valence-corrected chi connectivity index (χ3v) is 6.04. The van der Waals surface area contributed by atoms with Crippen LogP contribution in [-0.2, 0) is 11.3 Å². The lowest BCUT2D eigenvalue weighted by Gasteiger charge is -2.13. The van der Waals surface area contributed by atoms with Crippen molar-refractivity contribution in [3.8, 4) is 0 Å². The molecule has 0 spiro atoms. The molecule has 2 heterocycles. The van der Waals surface area contributed by atoms with Gasteiger partial charge in [0.15, 0.2) is 5.16 Å². The summed E-state index contributed by atoms with van der Waals surface area (Å²) in [5.41, 5.74) is 5.47. The molecule has 1 aliphatic carbocycles. The highest BCUT2D eigenvalue weighted by atomic mass is 32.2. The van der Waals surface area contributed by atoms with Gasteiger partial charge >= 0.3 is 0 Å². The number of primary amides is 1. The lowest BCUT2D eigenvalue weighted by molar-refractivity contribution is -0.118. The molecule has 5 nitrogen and oxygen atoms in total. The molecule has 19 heavy (non-hydrogen) atoms. The summed E-state index contributed by atoms with van der Waals surface area (Å²) in [5, 5.41) is 11.9. The van der Waals surface area contributed by atoms with Crippen molar-refractivity contribution < 1.29 is 4.79 Å². The van der Waals surface area contributed by atoms with Crippen LogP contribution in [0.5, 0.6) is 0 Å². The first-order valence-corrected chi connectivity index (χ1v) is 8.15. The first-order chi connectivity index (χ1) is 9.16. The van der Waals surface area contributed by atoms with E-state index in [1.165, 1.54) is 11.8 Å².